The number of nitrogens with one attached hydrogen (secondary N) is 2. The number of rotatable bonds is 4. The van der Waals surface area contributed by atoms with E-state index in [0.29, 0.717) is 23.8 Å². The van der Waals surface area contributed by atoms with Gasteiger partial charge in [-0.2, -0.15) is 0 Å². The minimum atomic E-state index is 0.202. The smallest absolute Gasteiger partial charge is 0.154 e. The lowest BCUT2D eigenvalue weighted by molar-refractivity contribution is 0.258. The third-order valence-corrected chi connectivity index (χ3v) is 5.80. The van der Waals surface area contributed by atoms with Gasteiger partial charge in [0.25, 0.3) is 0 Å². The number of hydrogen-bond donors (Lipinski definition) is 4. The van der Waals surface area contributed by atoms with Crippen LogP contribution in [0.15, 0.2) is 18.5 Å². The van der Waals surface area contributed by atoms with Gasteiger partial charge < -0.3 is 21.7 Å². The van der Waals surface area contributed by atoms with Crippen molar-refractivity contribution in [2.24, 2.45) is 11.1 Å². The standard InChI is InChI=1S/C19H26N8/c1-19(11-20)4-8-27(9-5-19)14-10-25-16(17(22)26-14)15(21)12-2-6-23-18-13(12)3-7-24-18/h2,6,10,21H,3-5,7-9,11,20H2,1H3,(H2,22,26)(H,23,24). The Morgan fingerprint density at radius 3 is 2.81 bits per heavy atom. The summed E-state index contributed by atoms with van der Waals surface area (Å²) in [5.41, 5.74) is 14.9. The summed E-state index contributed by atoms with van der Waals surface area (Å²) < 4.78 is 0. The highest BCUT2D eigenvalue weighted by atomic mass is 15.2. The minimum absolute atomic E-state index is 0.202. The van der Waals surface area contributed by atoms with E-state index in [1.165, 1.54) is 0 Å². The Morgan fingerprint density at radius 1 is 1.33 bits per heavy atom. The van der Waals surface area contributed by atoms with Gasteiger partial charge in [-0.05, 0) is 37.3 Å². The van der Waals surface area contributed by atoms with Crippen molar-refractivity contribution in [2.45, 2.75) is 26.2 Å². The van der Waals surface area contributed by atoms with Crippen molar-refractivity contribution in [3.8, 4) is 0 Å². The summed E-state index contributed by atoms with van der Waals surface area (Å²) >= 11 is 0. The molecule has 8 nitrogen and oxygen atoms in total. The molecule has 4 rings (SSSR count). The van der Waals surface area contributed by atoms with Gasteiger partial charge in [0, 0.05) is 37.0 Å². The maximum Gasteiger partial charge on any atom is 0.154 e. The molecule has 0 bridgehead atoms. The number of anilines is 3. The number of nitrogens with zero attached hydrogens (tertiary/aromatic N) is 4. The molecule has 6 N–H and O–H groups in total. The van der Waals surface area contributed by atoms with E-state index in [0.717, 1.165) is 61.7 Å². The van der Waals surface area contributed by atoms with Gasteiger partial charge in [0.2, 0.25) is 0 Å². The Bertz CT molecular complexity index is 870. The molecule has 142 valence electrons. The van der Waals surface area contributed by atoms with E-state index in [9.17, 15) is 0 Å². The summed E-state index contributed by atoms with van der Waals surface area (Å²) in [7, 11) is 0. The van der Waals surface area contributed by atoms with Gasteiger partial charge in [0.1, 0.15) is 17.3 Å². The lowest BCUT2D eigenvalue weighted by atomic mass is 9.80. The topological polar surface area (TPSA) is 130 Å². The van der Waals surface area contributed by atoms with E-state index in [2.05, 4.69) is 32.1 Å². The minimum Gasteiger partial charge on any atom is -0.382 e. The summed E-state index contributed by atoms with van der Waals surface area (Å²) in [5.74, 6) is 1.91. The fourth-order valence-corrected chi connectivity index (χ4v) is 3.78. The molecule has 8 heteroatoms. The molecule has 0 spiro atoms. The zero-order valence-corrected chi connectivity index (χ0v) is 15.6. The van der Waals surface area contributed by atoms with Crippen LogP contribution in [0.1, 0.15) is 36.6 Å². The second-order valence-corrected chi connectivity index (χ2v) is 7.70. The summed E-state index contributed by atoms with van der Waals surface area (Å²) in [6.45, 7) is 5.56. The molecule has 1 fully saturated rings. The van der Waals surface area contributed by atoms with Crippen LogP contribution in [-0.4, -0.2) is 46.8 Å². The zero-order chi connectivity index (χ0) is 19.0. The van der Waals surface area contributed by atoms with Crippen LogP contribution in [0.25, 0.3) is 0 Å². The Balaban J connectivity index is 1.56. The van der Waals surface area contributed by atoms with Crippen molar-refractivity contribution in [2.75, 3.05) is 42.1 Å². The quantitative estimate of drug-likeness (QED) is 0.602. The van der Waals surface area contributed by atoms with Gasteiger partial charge in [0.15, 0.2) is 5.82 Å². The lowest BCUT2D eigenvalue weighted by Crippen LogP contribution is -2.42. The molecule has 0 aromatic carbocycles. The molecule has 0 radical (unpaired) electrons. The Kier molecular flexibility index (Phi) is 4.43. The van der Waals surface area contributed by atoms with Gasteiger partial charge in [0.05, 0.1) is 11.9 Å². The van der Waals surface area contributed by atoms with E-state index < -0.39 is 0 Å². The number of nitrogens with two attached hydrogens (primary N) is 2. The fourth-order valence-electron chi connectivity index (χ4n) is 3.78. The number of piperidine rings is 1. The van der Waals surface area contributed by atoms with Crippen LogP contribution in [0.2, 0.25) is 0 Å². The lowest BCUT2D eigenvalue weighted by Gasteiger charge is -2.39. The van der Waals surface area contributed by atoms with E-state index >= 15 is 0 Å². The molecular weight excluding hydrogens is 340 g/mol. The third-order valence-electron chi connectivity index (χ3n) is 5.80. The van der Waals surface area contributed by atoms with Crippen LogP contribution in [0.3, 0.4) is 0 Å². The van der Waals surface area contributed by atoms with Gasteiger partial charge in [-0.15, -0.1) is 0 Å². The van der Waals surface area contributed by atoms with Crippen molar-refractivity contribution in [1.82, 2.24) is 15.0 Å². The maximum atomic E-state index is 8.61. The highest BCUT2D eigenvalue weighted by molar-refractivity contribution is 6.13. The Labute approximate surface area is 158 Å². The highest BCUT2D eigenvalue weighted by Gasteiger charge is 2.29. The van der Waals surface area contributed by atoms with Crippen LogP contribution in [0, 0.1) is 10.8 Å². The molecule has 2 aromatic rings. The van der Waals surface area contributed by atoms with Gasteiger partial charge in [-0.1, -0.05) is 6.92 Å². The molecule has 2 aliphatic heterocycles. The number of aromatic nitrogens is 3. The zero-order valence-electron chi connectivity index (χ0n) is 15.6. The molecule has 0 aliphatic carbocycles. The first-order valence-electron chi connectivity index (χ1n) is 9.39. The van der Waals surface area contributed by atoms with E-state index in [1.54, 1.807) is 12.4 Å². The summed E-state index contributed by atoms with van der Waals surface area (Å²) in [6, 6.07) is 1.85. The first-order chi connectivity index (χ1) is 13.0. The van der Waals surface area contributed by atoms with Crippen molar-refractivity contribution < 1.29 is 0 Å². The van der Waals surface area contributed by atoms with Crippen LogP contribution < -0.4 is 21.7 Å². The monoisotopic (exact) mass is 366 g/mol. The van der Waals surface area contributed by atoms with Gasteiger partial charge >= 0.3 is 0 Å². The molecule has 0 unspecified atom stereocenters. The van der Waals surface area contributed by atoms with E-state index in [1.807, 2.05) is 6.07 Å². The predicted molar refractivity (Wildman–Crippen MR) is 107 cm³/mol. The molecule has 0 saturated carbocycles. The second kappa shape index (κ2) is 6.77. The average Bonchev–Trinajstić information content (AvgIpc) is 3.17. The molecule has 1 saturated heterocycles. The molecule has 27 heavy (non-hydrogen) atoms. The Hall–Kier alpha value is -2.74. The van der Waals surface area contributed by atoms with Crippen molar-refractivity contribution in [3.05, 3.63) is 35.3 Å². The van der Waals surface area contributed by atoms with Crippen molar-refractivity contribution >= 4 is 23.2 Å². The molecule has 0 atom stereocenters. The normalized spacial score (nSPS) is 18.1. The summed E-state index contributed by atoms with van der Waals surface area (Å²) in [6.07, 6.45) is 6.34. The molecule has 0 amide bonds. The third kappa shape index (κ3) is 3.21. The summed E-state index contributed by atoms with van der Waals surface area (Å²) in [5, 5.41) is 11.8. The number of pyridine rings is 1. The second-order valence-electron chi connectivity index (χ2n) is 7.70. The molecule has 4 heterocycles. The SMILES string of the molecule is CC1(CN)CCN(c2cnc(C(=N)c3ccnc4c3CCN4)c(N)n2)CC1. The Morgan fingerprint density at radius 2 is 2.11 bits per heavy atom. The number of fused-ring (bicyclic) bond motifs is 1. The molecule has 2 aromatic heterocycles. The fraction of sp³-hybridized carbons (Fsp3) is 0.474. The summed E-state index contributed by atoms with van der Waals surface area (Å²) in [4.78, 5) is 15.6. The first-order valence-corrected chi connectivity index (χ1v) is 9.39. The largest absolute Gasteiger partial charge is 0.382 e. The van der Waals surface area contributed by atoms with E-state index in [4.69, 9.17) is 16.9 Å². The van der Waals surface area contributed by atoms with Crippen LogP contribution in [0.4, 0.5) is 17.5 Å². The van der Waals surface area contributed by atoms with Crippen molar-refractivity contribution in [1.29, 1.82) is 5.41 Å². The molecular formula is C19H26N8. The first kappa shape index (κ1) is 17.7. The highest BCUT2D eigenvalue weighted by Crippen LogP contribution is 2.32. The molecule has 2 aliphatic rings. The van der Waals surface area contributed by atoms with Crippen LogP contribution >= 0.6 is 0 Å². The maximum absolute atomic E-state index is 8.61. The number of nitrogen functional groups attached to an aromatic ring is 1. The van der Waals surface area contributed by atoms with Crippen LogP contribution in [0.5, 0.6) is 0 Å². The van der Waals surface area contributed by atoms with Gasteiger partial charge in [-0.25, -0.2) is 15.0 Å². The van der Waals surface area contributed by atoms with E-state index in [-0.39, 0.29) is 5.41 Å². The van der Waals surface area contributed by atoms with Crippen molar-refractivity contribution in [3.63, 3.8) is 0 Å². The predicted octanol–water partition coefficient (Wildman–Crippen LogP) is 1.40. The van der Waals surface area contributed by atoms with Crippen LogP contribution in [-0.2, 0) is 6.42 Å². The number of hydrogen-bond acceptors (Lipinski definition) is 8. The average molecular weight is 366 g/mol. The van der Waals surface area contributed by atoms with Gasteiger partial charge in [-0.3, -0.25) is 5.41 Å².